The minimum atomic E-state index is 0.310. The molecular formula is C24H22N4O3. The van der Waals surface area contributed by atoms with Gasteiger partial charge in [0, 0.05) is 38.1 Å². The van der Waals surface area contributed by atoms with Gasteiger partial charge in [0.25, 0.3) is 0 Å². The van der Waals surface area contributed by atoms with E-state index in [1.54, 1.807) is 6.26 Å². The second kappa shape index (κ2) is 7.59. The summed E-state index contributed by atoms with van der Waals surface area (Å²) >= 11 is 0. The van der Waals surface area contributed by atoms with Crippen LogP contribution in [0, 0.1) is 0 Å². The molecular weight excluding hydrogens is 392 g/mol. The van der Waals surface area contributed by atoms with Crippen molar-refractivity contribution in [1.29, 1.82) is 0 Å². The van der Waals surface area contributed by atoms with E-state index in [1.165, 1.54) is 5.56 Å². The molecule has 4 aromatic rings. The maximum absolute atomic E-state index is 5.56. The molecule has 7 nitrogen and oxygen atoms in total. The Morgan fingerprint density at radius 2 is 1.71 bits per heavy atom. The van der Waals surface area contributed by atoms with E-state index in [-0.39, 0.29) is 0 Å². The molecule has 0 spiro atoms. The fourth-order valence-corrected chi connectivity index (χ4v) is 4.23. The number of furan rings is 1. The second-order valence-corrected chi connectivity index (χ2v) is 7.82. The number of para-hydroxylation sites is 1. The summed E-state index contributed by atoms with van der Waals surface area (Å²) in [4.78, 5) is 14.4. The summed E-state index contributed by atoms with van der Waals surface area (Å²) in [7, 11) is 0. The minimum absolute atomic E-state index is 0.310. The first-order valence-electron chi connectivity index (χ1n) is 10.5. The molecule has 0 saturated carbocycles. The zero-order chi connectivity index (χ0) is 20.6. The first kappa shape index (κ1) is 18.2. The van der Waals surface area contributed by atoms with E-state index in [0.717, 1.165) is 60.9 Å². The molecule has 4 heterocycles. The highest BCUT2D eigenvalue weighted by Gasteiger charge is 2.22. The number of ether oxygens (including phenoxy) is 2. The summed E-state index contributed by atoms with van der Waals surface area (Å²) in [5.41, 5.74) is 2.17. The minimum Gasteiger partial charge on any atom is -0.461 e. The van der Waals surface area contributed by atoms with E-state index in [9.17, 15) is 0 Å². The van der Waals surface area contributed by atoms with Crippen molar-refractivity contribution in [1.82, 2.24) is 14.9 Å². The number of anilines is 1. The van der Waals surface area contributed by atoms with Gasteiger partial charge in [-0.2, -0.15) is 0 Å². The average Bonchev–Trinajstić information content (AvgIpc) is 3.51. The van der Waals surface area contributed by atoms with Crippen molar-refractivity contribution in [3.63, 3.8) is 0 Å². The van der Waals surface area contributed by atoms with Crippen molar-refractivity contribution in [3.8, 4) is 23.1 Å². The van der Waals surface area contributed by atoms with E-state index in [0.29, 0.717) is 18.4 Å². The molecule has 0 N–H and O–H groups in total. The summed E-state index contributed by atoms with van der Waals surface area (Å²) in [6.45, 7) is 4.94. The third-order valence-corrected chi connectivity index (χ3v) is 5.84. The van der Waals surface area contributed by atoms with E-state index in [2.05, 4.69) is 28.0 Å². The predicted octanol–water partition coefficient (Wildman–Crippen LogP) is 3.94. The van der Waals surface area contributed by atoms with Crippen molar-refractivity contribution in [2.45, 2.75) is 6.54 Å². The maximum Gasteiger partial charge on any atom is 0.231 e. The van der Waals surface area contributed by atoms with Crippen LogP contribution in [0.2, 0.25) is 0 Å². The molecule has 6 rings (SSSR count). The number of rotatable bonds is 4. The van der Waals surface area contributed by atoms with Gasteiger partial charge in [0.1, 0.15) is 5.82 Å². The fourth-order valence-electron chi connectivity index (χ4n) is 4.23. The number of fused-ring (bicyclic) bond motifs is 2. The Morgan fingerprint density at radius 1 is 0.839 bits per heavy atom. The van der Waals surface area contributed by atoms with Crippen LogP contribution in [-0.2, 0) is 6.54 Å². The molecule has 0 bridgehead atoms. The third-order valence-electron chi connectivity index (χ3n) is 5.84. The predicted molar refractivity (Wildman–Crippen MR) is 117 cm³/mol. The van der Waals surface area contributed by atoms with Gasteiger partial charge < -0.3 is 18.8 Å². The fraction of sp³-hybridized carbons (Fsp3) is 0.250. The lowest BCUT2D eigenvalue weighted by atomic mass is 10.1. The Kier molecular flexibility index (Phi) is 4.46. The summed E-state index contributed by atoms with van der Waals surface area (Å²) in [6, 6.07) is 18.1. The van der Waals surface area contributed by atoms with Crippen LogP contribution in [0.25, 0.3) is 22.5 Å². The summed E-state index contributed by atoms with van der Waals surface area (Å²) in [5.74, 6) is 3.96. The Balaban J connectivity index is 1.22. The number of hydrogen-bond acceptors (Lipinski definition) is 7. The largest absolute Gasteiger partial charge is 0.461 e. The van der Waals surface area contributed by atoms with Crippen LogP contribution in [0.3, 0.4) is 0 Å². The molecule has 0 amide bonds. The van der Waals surface area contributed by atoms with Crippen LogP contribution in [0.1, 0.15) is 5.56 Å². The topological polar surface area (TPSA) is 63.9 Å². The Labute approximate surface area is 179 Å². The standard InChI is InChI=1S/C24H22N4O3/c1-2-5-19-18(4-1)24(26-23(25-19)21-6-3-13-29-21)28-11-9-27(10-12-28)15-17-7-8-20-22(14-17)31-16-30-20/h1-8,13-14H,9-12,15-16H2. The first-order chi connectivity index (χ1) is 15.3. The molecule has 31 heavy (non-hydrogen) atoms. The Morgan fingerprint density at radius 3 is 2.58 bits per heavy atom. The van der Waals surface area contributed by atoms with Crippen molar-refractivity contribution in [3.05, 3.63) is 66.4 Å². The lowest BCUT2D eigenvalue weighted by Gasteiger charge is -2.36. The van der Waals surface area contributed by atoms with E-state index in [4.69, 9.17) is 23.9 Å². The van der Waals surface area contributed by atoms with Gasteiger partial charge in [0.05, 0.1) is 11.8 Å². The van der Waals surface area contributed by atoms with Crippen LogP contribution >= 0.6 is 0 Å². The van der Waals surface area contributed by atoms with Gasteiger partial charge >= 0.3 is 0 Å². The molecule has 0 aliphatic carbocycles. The van der Waals surface area contributed by atoms with E-state index < -0.39 is 0 Å². The average molecular weight is 414 g/mol. The zero-order valence-corrected chi connectivity index (χ0v) is 17.0. The molecule has 0 unspecified atom stereocenters. The van der Waals surface area contributed by atoms with Gasteiger partial charge in [-0.3, -0.25) is 4.90 Å². The van der Waals surface area contributed by atoms with Gasteiger partial charge in [-0.1, -0.05) is 18.2 Å². The van der Waals surface area contributed by atoms with Gasteiger partial charge in [0.2, 0.25) is 6.79 Å². The smallest absolute Gasteiger partial charge is 0.231 e. The van der Waals surface area contributed by atoms with Crippen molar-refractivity contribution in [2.24, 2.45) is 0 Å². The molecule has 2 aliphatic heterocycles. The monoisotopic (exact) mass is 414 g/mol. The Bertz CT molecular complexity index is 1220. The molecule has 156 valence electrons. The van der Waals surface area contributed by atoms with Crippen LogP contribution in [0.4, 0.5) is 5.82 Å². The van der Waals surface area contributed by atoms with Crippen LogP contribution in [0.5, 0.6) is 11.5 Å². The number of nitrogens with zero attached hydrogens (tertiary/aromatic N) is 4. The quantitative estimate of drug-likeness (QED) is 0.501. The number of aromatic nitrogens is 2. The normalized spacial score (nSPS) is 16.2. The van der Waals surface area contributed by atoms with Gasteiger partial charge in [-0.25, -0.2) is 9.97 Å². The molecule has 0 atom stereocenters. The van der Waals surface area contributed by atoms with Crippen molar-refractivity contribution >= 4 is 16.7 Å². The lowest BCUT2D eigenvalue weighted by molar-refractivity contribution is 0.174. The first-order valence-corrected chi connectivity index (χ1v) is 10.5. The highest BCUT2D eigenvalue weighted by molar-refractivity contribution is 5.90. The number of hydrogen-bond donors (Lipinski definition) is 0. The third kappa shape index (κ3) is 3.47. The van der Waals surface area contributed by atoms with Gasteiger partial charge in [0.15, 0.2) is 23.1 Å². The van der Waals surface area contributed by atoms with Crippen molar-refractivity contribution < 1.29 is 13.9 Å². The summed E-state index contributed by atoms with van der Waals surface area (Å²) in [5, 5.41) is 1.07. The SMILES string of the molecule is c1coc(-c2nc(N3CCN(Cc4ccc5c(c4)OCO5)CC3)c3ccccc3n2)c1. The molecule has 1 saturated heterocycles. The molecule has 1 fully saturated rings. The molecule has 0 radical (unpaired) electrons. The van der Waals surface area contributed by atoms with Crippen LogP contribution in [-0.4, -0.2) is 47.8 Å². The van der Waals surface area contributed by atoms with E-state index >= 15 is 0 Å². The summed E-state index contributed by atoms with van der Waals surface area (Å²) < 4.78 is 16.5. The zero-order valence-electron chi connectivity index (χ0n) is 17.0. The van der Waals surface area contributed by atoms with Crippen LogP contribution in [0.15, 0.2) is 65.3 Å². The number of benzene rings is 2. The van der Waals surface area contributed by atoms with Crippen molar-refractivity contribution in [2.75, 3.05) is 37.9 Å². The Hall–Kier alpha value is -3.58. The van der Waals surface area contributed by atoms with Crippen LogP contribution < -0.4 is 14.4 Å². The maximum atomic E-state index is 5.56. The second-order valence-electron chi connectivity index (χ2n) is 7.82. The molecule has 2 aromatic heterocycles. The lowest BCUT2D eigenvalue weighted by Crippen LogP contribution is -2.46. The van der Waals surface area contributed by atoms with Gasteiger partial charge in [-0.05, 0) is 42.0 Å². The molecule has 7 heteroatoms. The van der Waals surface area contributed by atoms with Gasteiger partial charge in [-0.15, -0.1) is 0 Å². The van der Waals surface area contributed by atoms with E-state index in [1.807, 2.05) is 36.4 Å². The highest BCUT2D eigenvalue weighted by atomic mass is 16.7. The highest BCUT2D eigenvalue weighted by Crippen LogP contribution is 2.33. The molecule has 2 aromatic carbocycles. The summed E-state index contributed by atoms with van der Waals surface area (Å²) in [6.07, 6.45) is 1.66. The molecule has 2 aliphatic rings. The number of piperazine rings is 1.